The molecule has 0 bridgehead atoms. The summed E-state index contributed by atoms with van der Waals surface area (Å²) in [6.45, 7) is 13.7. The van der Waals surface area contributed by atoms with E-state index in [-0.39, 0.29) is 29.7 Å². The van der Waals surface area contributed by atoms with Crippen LogP contribution in [0, 0.1) is 0 Å². The Kier molecular flexibility index (Phi) is 7.23. The predicted octanol–water partition coefficient (Wildman–Crippen LogP) is 16.9. The standard InChI is InChI=1S/C57H48/c1-34(2)40-28-41(35(3)4)30-43(29-40)44-31-42(36(5)6)32-45(33-44)46-24-20-38-22-26-52-53(27-23-39-21-25-51(46)55(38)56(39)52)57-49-18-12-10-16-47(49)54(37-14-8-7-9-15-37)48-17-11-13-19-50(48)57/h7-36H,1-6H3/i7D,8D,9D,14D,15D. The van der Waals surface area contributed by atoms with Gasteiger partial charge in [-0.25, -0.2) is 0 Å². The van der Waals surface area contributed by atoms with Gasteiger partial charge in [-0.1, -0.05) is 199 Å². The third kappa shape index (κ3) is 5.81. The maximum absolute atomic E-state index is 9.01. The predicted molar refractivity (Wildman–Crippen MR) is 249 cm³/mol. The second-order valence-corrected chi connectivity index (χ2v) is 16.7. The van der Waals surface area contributed by atoms with Crippen molar-refractivity contribution in [3.05, 3.63) is 180 Å². The van der Waals surface area contributed by atoms with E-state index in [9.17, 15) is 0 Å². The summed E-state index contributed by atoms with van der Waals surface area (Å²) in [5, 5.41) is 10.8. The highest BCUT2D eigenvalue weighted by atomic mass is 14.2. The minimum Gasteiger partial charge on any atom is -0.0622 e. The second kappa shape index (κ2) is 13.7. The van der Waals surface area contributed by atoms with Crippen molar-refractivity contribution < 1.29 is 6.85 Å². The van der Waals surface area contributed by atoms with E-state index >= 15 is 0 Å². The van der Waals surface area contributed by atoms with Gasteiger partial charge in [-0.2, -0.15) is 0 Å². The maximum Gasteiger partial charge on any atom is 0.0629 e. The molecule has 0 N–H and O–H groups in total. The third-order valence-corrected chi connectivity index (χ3v) is 12.2. The Morgan fingerprint density at radius 2 is 0.772 bits per heavy atom. The number of fused-ring (bicyclic) bond motifs is 2. The van der Waals surface area contributed by atoms with Gasteiger partial charge in [0.05, 0.1) is 6.85 Å². The Labute approximate surface area is 343 Å². The van der Waals surface area contributed by atoms with E-state index in [0.717, 1.165) is 38.1 Å². The van der Waals surface area contributed by atoms with Crippen molar-refractivity contribution >= 4 is 53.9 Å². The molecule has 0 saturated carbocycles. The highest BCUT2D eigenvalue weighted by Crippen LogP contribution is 2.48. The lowest BCUT2D eigenvalue weighted by Crippen LogP contribution is -1.97. The fourth-order valence-electron chi connectivity index (χ4n) is 9.15. The van der Waals surface area contributed by atoms with Crippen molar-refractivity contribution in [2.75, 3.05) is 0 Å². The van der Waals surface area contributed by atoms with Crippen molar-refractivity contribution in [2.24, 2.45) is 0 Å². The van der Waals surface area contributed by atoms with Crippen LogP contribution in [-0.4, -0.2) is 0 Å². The van der Waals surface area contributed by atoms with Gasteiger partial charge < -0.3 is 0 Å². The maximum atomic E-state index is 9.01. The summed E-state index contributed by atoms with van der Waals surface area (Å²) >= 11 is 0. The van der Waals surface area contributed by atoms with Gasteiger partial charge in [0.1, 0.15) is 0 Å². The van der Waals surface area contributed by atoms with E-state index in [1.807, 2.05) is 36.4 Å². The van der Waals surface area contributed by atoms with E-state index in [4.69, 9.17) is 6.85 Å². The van der Waals surface area contributed by atoms with Crippen LogP contribution in [0.4, 0.5) is 0 Å². The zero-order valence-corrected chi connectivity index (χ0v) is 33.4. The summed E-state index contributed by atoms with van der Waals surface area (Å²) in [6, 6.07) is 47.2. The van der Waals surface area contributed by atoms with Gasteiger partial charge in [-0.3, -0.25) is 0 Å². The van der Waals surface area contributed by atoms with Crippen LogP contribution in [0.2, 0.25) is 0 Å². The molecule has 0 amide bonds. The molecule has 0 atom stereocenters. The van der Waals surface area contributed by atoms with E-state index < -0.39 is 6.04 Å². The van der Waals surface area contributed by atoms with Crippen LogP contribution in [0.5, 0.6) is 0 Å². The van der Waals surface area contributed by atoms with Gasteiger partial charge in [0.25, 0.3) is 0 Å². The van der Waals surface area contributed by atoms with Crippen molar-refractivity contribution in [3.63, 3.8) is 0 Å². The Balaban J connectivity index is 1.24. The van der Waals surface area contributed by atoms with Crippen LogP contribution in [0.3, 0.4) is 0 Å². The smallest absolute Gasteiger partial charge is 0.0622 e. The summed E-state index contributed by atoms with van der Waals surface area (Å²) in [4.78, 5) is 0. The average molecular weight is 738 g/mol. The van der Waals surface area contributed by atoms with Crippen LogP contribution in [0.1, 0.15) is 82.8 Å². The van der Waals surface area contributed by atoms with E-state index in [0.29, 0.717) is 23.3 Å². The first-order valence-corrected chi connectivity index (χ1v) is 20.3. The fraction of sp³-hybridized carbons (Fsp3) is 0.158. The quantitative estimate of drug-likeness (QED) is 0.113. The molecule has 10 aromatic rings. The van der Waals surface area contributed by atoms with Crippen LogP contribution >= 0.6 is 0 Å². The Bertz CT molecular complexity index is 3330. The molecule has 10 aromatic carbocycles. The normalized spacial score (nSPS) is 13.4. The van der Waals surface area contributed by atoms with Gasteiger partial charge in [0.15, 0.2) is 0 Å². The molecule has 276 valence electrons. The van der Waals surface area contributed by atoms with Crippen molar-refractivity contribution in [3.8, 4) is 44.5 Å². The molecule has 0 heterocycles. The van der Waals surface area contributed by atoms with Crippen molar-refractivity contribution in [2.45, 2.75) is 59.3 Å². The fourth-order valence-corrected chi connectivity index (χ4v) is 9.15. The summed E-state index contributed by atoms with van der Waals surface area (Å²) in [5.41, 5.74) is 12.0. The molecule has 0 spiro atoms. The molecule has 57 heavy (non-hydrogen) atoms. The Morgan fingerprint density at radius 1 is 0.351 bits per heavy atom. The summed E-state index contributed by atoms with van der Waals surface area (Å²) in [7, 11) is 0. The molecule has 0 fully saturated rings. The number of benzene rings is 10. The summed E-state index contributed by atoms with van der Waals surface area (Å²) in [6.07, 6.45) is 0. The highest BCUT2D eigenvalue weighted by molar-refractivity contribution is 6.30. The number of hydrogen-bond acceptors (Lipinski definition) is 0. The van der Waals surface area contributed by atoms with E-state index in [1.54, 1.807) is 0 Å². The molecule has 0 aromatic heterocycles. The van der Waals surface area contributed by atoms with Crippen molar-refractivity contribution in [1.29, 1.82) is 0 Å². The molecular formula is C57H48. The summed E-state index contributed by atoms with van der Waals surface area (Å²) in [5.74, 6) is 1.21. The lowest BCUT2D eigenvalue weighted by Gasteiger charge is -2.21. The zero-order chi connectivity index (χ0) is 43.3. The second-order valence-electron chi connectivity index (χ2n) is 16.7. The number of hydrogen-bond donors (Lipinski definition) is 0. The molecule has 0 heteroatoms. The average Bonchev–Trinajstić information content (AvgIpc) is 3.28. The molecule has 0 aliphatic heterocycles. The lowest BCUT2D eigenvalue weighted by atomic mass is 9.82. The van der Waals surface area contributed by atoms with Gasteiger partial charge in [0, 0.05) is 0 Å². The van der Waals surface area contributed by atoms with E-state index in [1.165, 1.54) is 65.9 Å². The molecule has 10 rings (SSSR count). The van der Waals surface area contributed by atoms with Crippen LogP contribution in [-0.2, 0) is 0 Å². The SMILES string of the molecule is [2H]c1c([2H])c([2H])c(-c2c3ccccc3c(-c3ccc4ccc5c(-c6cc(-c7cc(C(C)C)cc(C(C)C)c7)cc(C(C)C)c6)ccc6ccc3c4c65)c3ccccc23)c([2H])c1[2H]. The number of rotatable bonds is 7. The minimum atomic E-state index is -0.393. The first-order chi connectivity index (χ1) is 29.8. The van der Waals surface area contributed by atoms with Gasteiger partial charge in [0.2, 0.25) is 0 Å². The Hall–Kier alpha value is -6.24. The van der Waals surface area contributed by atoms with Crippen LogP contribution < -0.4 is 0 Å². The molecule has 0 aliphatic carbocycles. The van der Waals surface area contributed by atoms with Gasteiger partial charge in [-0.05, 0) is 139 Å². The largest absolute Gasteiger partial charge is 0.0629 e. The molecular weight excluding hydrogens is 685 g/mol. The van der Waals surface area contributed by atoms with Crippen LogP contribution in [0.25, 0.3) is 98.4 Å². The van der Waals surface area contributed by atoms with Crippen LogP contribution in [0.15, 0.2) is 164 Å². The third-order valence-electron chi connectivity index (χ3n) is 12.2. The highest BCUT2D eigenvalue weighted by Gasteiger charge is 2.21. The van der Waals surface area contributed by atoms with Crippen molar-refractivity contribution in [1.82, 2.24) is 0 Å². The van der Waals surface area contributed by atoms with E-state index in [2.05, 4.69) is 139 Å². The molecule has 0 aliphatic rings. The summed E-state index contributed by atoms with van der Waals surface area (Å²) < 4.78 is 43.4. The molecule has 0 nitrogen and oxygen atoms in total. The molecule has 0 radical (unpaired) electrons. The Morgan fingerprint density at radius 3 is 1.30 bits per heavy atom. The molecule has 0 saturated heterocycles. The first-order valence-electron chi connectivity index (χ1n) is 22.8. The lowest BCUT2D eigenvalue weighted by molar-refractivity contribution is 0.834. The van der Waals surface area contributed by atoms with Gasteiger partial charge >= 0.3 is 0 Å². The molecule has 0 unspecified atom stereocenters. The minimum absolute atomic E-state index is 0.201. The zero-order valence-electron chi connectivity index (χ0n) is 38.4. The first kappa shape index (κ1) is 30.0. The topological polar surface area (TPSA) is 0 Å². The van der Waals surface area contributed by atoms with Gasteiger partial charge in [-0.15, -0.1) is 0 Å². The monoisotopic (exact) mass is 737 g/mol.